The van der Waals surface area contributed by atoms with Crippen LogP contribution >= 0.6 is 0 Å². The molecule has 1 aromatic rings. The second-order valence-electron chi connectivity index (χ2n) is 7.54. The van der Waals surface area contributed by atoms with Crippen LogP contribution in [0.4, 0.5) is 18.9 Å². The van der Waals surface area contributed by atoms with E-state index in [9.17, 15) is 13.2 Å². The number of nitrogens with zero attached hydrogens (tertiary/aromatic N) is 2. The van der Waals surface area contributed by atoms with E-state index in [4.69, 9.17) is 0 Å². The molecule has 2 saturated heterocycles. The second-order valence-corrected chi connectivity index (χ2v) is 7.54. The molecular weight excluding hydrogens is 327 g/mol. The van der Waals surface area contributed by atoms with Crippen LogP contribution in [0.5, 0.6) is 0 Å². The summed E-state index contributed by atoms with van der Waals surface area (Å²) in [5.74, 6) is 0. The molecular formula is C19H28F3N3. The topological polar surface area (TPSA) is 18.5 Å². The van der Waals surface area contributed by atoms with Crippen LogP contribution in [0.15, 0.2) is 18.2 Å². The first-order chi connectivity index (χ1) is 11.8. The molecule has 2 fully saturated rings. The molecule has 25 heavy (non-hydrogen) atoms. The van der Waals surface area contributed by atoms with Gasteiger partial charge in [-0.15, -0.1) is 0 Å². The molecule has 0 aliphatic carbocycles. The fourth-order valence-electron chi connectivity index (χ4n) is 3.91. The Morgan fingerprint density at radius 2 is 1.76 bits per heavy atom. The Morgan fingerprint density at radius 3 is 2.40 bits per heavy atom. The van der Waals surface area contributed by atoms with Crippen LogP contribution in [0.3, 0.4) is 0 Å². The third-order valence-electron chi connectivity index (χ3n) is 5.77. The first-order valence-corrected chi connectivity index (χ1v) is 9.21. The predicted octanol–water partition coefficient (Wildman–Crippen LogP) is 4.23. The molecule has 2 aliphatic rings. The number of anilines is 1. The lowest BCUT2D eigenvalue weighted by atomic mass is 9.97. The first kappa shape index (κ1) is 18.5. The summed E-state index contributed by atoms with van der Waals surface area (Å²) < 4.78 is 39.4. The van der Waals surface area contributed by atoms with Gasteiger partial charge in [0.05, 0.1) is 11.2 Å². The van der Waals surface area contributed by atoms with E-state index in [0.29, 0.717) is 6.54 Å². The number of piperidine rings is 1. The summed E-state index contributed by atoms with van der Waals surface area (Å²) in [5, 5.41) is 3.60. The van der Waals surface area contributed by atoms with Gasteiger partial charge >= 0.3 is 6.18 Å². The maximum Gasteiger partial charge on any atom is 0.416 e. The number of likely N-dealkylation sites (tertiary alicyclic amines) is 1. The van der Waals surface area contributed by atoms with E-state index < -0.39 is 11.7 Å². The van der Waals surface area contributed by atoms with Crippen LogP contribution in [0.25, 0.3) is 0 Å². The van der Waals surface area contributed by atoms with Crippen molar-refractivity contribution in [3.63, 3.8) is 0 Å². The normalized spacial score (nSPS) is 25.6. The van der Waals surface area contributed by atoms with Crippen molar-refractivity contribution in [1.82, 2.24) is 10.2 Å². The van der Waals surface area contributed by atoms with Gasteiger partial charge in [0, 0.05) is 25.3 Å². The van der Waals surface area contributed by atoms with Gasteiger partial charge in [0.15, 0.2) is 0 Å². The highest BCUT2D eigenvalue weighted by molar-refractivity contribution is 5.56. The minimum atomic E-state index is -4.30. The van der Waals surface area contributed by atoms with Crippen molar-refractivity contribution in [2.24, 2.45) is 0 Å². The average Bonchev–Trinajstić information content (AvgIpc) is 3.09. The summed E-state index contributed by atoms with van der Waals surface area (Å²) in [5.41, 5.74) is 1.04. The summed E-state index contributed by atoms with van der Waals surface area (Å²) in [6.45, 7) is 5.50. The summed E-state index contributed by atoms with van der Waals surface area (Å²) in [6, 6.07) is 4.19. The number of hydrogen-bond donors (Lipinski definition) is 1. The van der Waals surface area contributed by atoms with Crippen LogP contribution in [-0.4, -0.2) is 37.2 Å². The predicted molar refractivity (Wildman–Crippen MR) is 94.6 cm³/mol. The second kappa shape index (κ2) is 7.16. The Balaban J connectivity index is 1.82. The fraction of sp³-hybridized carbons (Fsp3) is 0.684. The Kier molecular flexibility index (Phi) is 5.30. The Hall–Kier alpha value is -1.27. The zero-order valence-corrected chi connectivity index (χ0v) is 15.1. The van der Waals surface area contributed by atoms with Gasteiger partial charge in [-0.3, -0.25) is 10.2 Å². The van der Waals surface area contributed by atoms with Crippen LogP contribution in [0.1, 0.15) is 50.2 Å². The van der Waals surface area contributed by atoms with E-state index in [0.717, 1.165) is 50.1 Å². The van der Waals surface area contributed by atoms with E-state index in [1.807, 2.05) is 0 Å². The zero-order valence-electron chi connectivity index (χ0n) is 15.1. The lowest BCUT2D eigenvalue weighted by Crippen LogP contribution is -2.57. The lowest BCUT2D eigenvalue weighted by molar-refractivity contribution is -0.137. The molecule has 2 heterocycles. The van der Waals surface area contributed by atoms with E-state index >= 15 is 0 Å². The number of hydrogen-bond acceptors (Lipinski definition) is 3. The van der Waals surface area contributed by atoms with Gasteiger partial charge < -0.3 is 4.90 Å². The van der Waals surface area contributed by atoms with Gasteiger partial charge in [0.25, 0.3) is 0 Å². The quantitative estimate of drug-likeness (QED) is 0.872. The van der Waals surface area contributed by atoms with Crippen molar-refractivity contribution in [1.29, 1.82) is 0 Å². The summed E-state index contributed by atoms with van der Waals surface area (Å²) in [7, 11) is 2.11. The van der Waals surface area contributed by atoms with Crippen molar-refractivity contribution in [3.05, 3.63) is 29.3 Å². The molecule has 3 nitrogen and oxygen atoms in total. The largest absolute Gasteiger partial charge is 0.416 e. The molecule has 0 spiro atoms. The highest BCUT2D eigenvalue weighted by Gasteiger charge is 2.33. The molecule has 6 heteroatoms. The smallest absolute Gasteiger partial charge is 0.371 e. The van der Waals surface area contributed by atoms with E-state index in [-0.39, 0.29) is 5.66 Å². The van der Waals surface area contributed by atoms with Crippen molar-refractivity contribution in [2.45, 2.75) is 57.4 Å². The third-order valence-corrected chi connectivity index (χ3v) is 5.77. The Morgan fingerprint density at radius 1 is 1.08 bits per heavy atom. The van der Waals surface area contributed by atoms with Crippen molar-refractivity contribution >= 4 is 5.69 Å². The van der Waals surface area contributed by atoms with Gasteiger partial charge in [-0.2, -0.15) is 13.2 Å². The maximum absolute atomic E-state index is 13.1. The van der Waals surface area contributed by atoms with Gasteiger partial charge in [0.2, 0.25) is 0 Å². The molecule has 2 aliphatic heterocycles. The molecule has 0 aromatic heterocycles. The van der Waals surface area contributed by atoms with Crippen molar-refractivity contribution in [3.8, 4) is 0 Å². The first-order valence-electron chi connectivity index (χ1n) is 9.21. The van der Waals surface area contributed by atoms with Gasteiger partial charge in [-0.1, -0.05) is 6.07 Å². The zero-order chi connectivity index (χ0) is 18.1. The van der Waals surface area contributed by atoms with Gasteiger partial charge in [-0.05, 0) is 70.3 Å². The van der Waals surface area contributed by atoms with Gasteiger partial charge in [-0.25, -0.2) is 0 Å². The number of benzene rings is 1. The summed E-state index contributed by atoms with van der Waals surface area (Å²) in [6.07, 6.45) is 1.24. The Labute approximate surface area is 148 Å². The molecule has 0 radical (unpaired) electrons. The van der Waals surface area contributed by atoms with E-state index in [1.54, 1.807) is 6.07 Å². The standard InChI is InChI=1S/C19H28F3N3/c1-18(9-3-4-10-24(18)2)23-14-15-7-8-16(19(20,21)22)13-17(15)25-11-5-6-12-25/h7-8,13,23H,3-6,9-12,14H2,1-2H3. The number of halogens is 3. The SMILES string of the molecule is CN1CCCCC1(C)NCc1ccc(C(F)(F)F)cc1N1CCCC1. The van der Waals surface area contributed by atoms with Crippen LogP contribution in [0.2, 0.25) is 0 Å². The molecule has 1 atom stereocenters. The lowest BCUT2D eigenvalue weighted by Gasteiger charge is -2.43. The van der Waals surface area contributed by atoms with E-state index in [2.05, 4.69) is 29.1 Å². The van der Waals surface area contributed by atoms with Crippen molar-refractivity contribution < 1.29 is 13.2 Å². The molecule has 1 N–H and O–H groups in total. The van der Waals surface area contributed by atoms with Crippen LogP contribution in [-0.2, 0) is 12.7 Å². The maximum atomic E-state index is 13.1. The molecule has 0 amide bonds. The van der Waals surface area contributed by atoms with Crippen LogP contribution in [0, 0.1) is 0 Å². The van der Waals surface area contributed by atoms with Crippen LogP contribution < -0.4 is 10.2 Å². The van der Waals surface area contributed by atoms with Gasteiger partial charge in [0.1, 0.15) is 0 Å². The third kappa shape index (κ3) is 4.11. The highest BCUT2D eigenvalue weighted by atomic mass is 19.4. The molecule has 3 rings (SSSR count). The minimum Gasteiger partial charge on any atom is -0.371 e. The molecule has 1 unspecified atom stereocenters. The number of rotatable bonds is 4. The monoisotopic (exact) mass is 355 g/mol. The number of alkyl halides is 3. The average molecular weight is 355 g/mol. The van der Waals surface area contributed by atoms with E-state index in [1.165, 1.54) is 25.0 Å². The fourth-order valence-corrected chi connectivity index (χ4v) is 3.91. The van der Waals surface area contributed by atoms with Crippen molar-refractivity contribution in [2.75, 3.05) is 31.6 Å². The highest BCUT2D eigenvalue weighted by Crippen LogP contribution is 2.35. The minimum absolute atomic E-state index is 0.0940. The molecule has 0 saturated carbocycles. The summed E-state index contributed by atoms with van der Waals surface area (Å²) >= 11 is 0. The molecule has 1 aromatic carbocycles. The molecule has 140 valence electrons. The number of nitrogens with one attached hydrogen (secondary N) is 1. The summed E-state index contributed by atoms with van der Waals surface area (Å²) in [4.78, 5) is 4.41. The Bertz CT molecular complexity index is 596. The molecule has 0 bridgehead atoms.